The molecule has 3 unspecified atom stereocenters. The summed E-state index contributed by atoms with van der Waals surface area (Å²) >= 11 is 0. The first-order valence-corrected chi connectivity index (χ1v) is 8.49. The fraction of sp³-hybridized carbons (Fsp3) is 0.571. The minimum atomic E-state index is -3.59. The van der Waals surface area contributed by atoms with Crippen LogP contribution in [0.5, 0.6) is 0 Å². The molecular weight excluding hydrogens is 279 g/mol. The van der Waals surface area contributed by atoms with Gasteiger partial charge in [0.1, 0.15) is 5.82 Å². The van der Waals surface area contributed by atoms with E-state index in [1.54, 1.807) is 0 Å². The Kier molecular flexibility index (Phi) is 3.56. The number of nitrogens with two attached hydrogens (primary N) is 1. The van der Waals surface area contributed by atoms with Crippen molar-refractivity contribution >= 4 is 10.0 Å². The van der Waals surface area contributed by atoms with Gasteiger partial charge in [-0.3, -0.25) is 0 Å². The molecule has 0 aliphatic heterocycles. The quantitative estimate of drug-likeness (QED) is 0.889. The molecule has 0 spiro atoms. The molecule has 110 valence electrons. The van der Waals surface area contributed by atoms with Crippen LogP contribution in [0.15, 0.2) is 23.1 Å². The van der Waals surface area contributed by atoms with E-state index in [9.17, 15) is 12.8 Å². The number of hydrogen-bond donors (Lipinski definition) is 2. The van der Waals surface area contributed by atoms with Crippen LogP contribution in [0.1, 0.15) is 31.2 Å². The Morgan fingerprint density at radius 3 is 2.70 bits per heavy atom. The van der Waals surface area contributed by atoms with E-state index < -0.39 is 15.8 Å². The SMILES string of the molecule is NCc1cc(S(=O)(=O)NC2CC3CCC2C3)ccc1F. The molecule has 6 heteroatoms. The molecule has 3 rings (SSSR count). The van der Waals surface area contributed by atoms with Crippen LogP contribution in [0.25, 0.3) is 0 Å². The van der Waals surface area contributed by atoms with Gasteiger partial charge in [-0.2, -0.15) is 0 Å². The zero-order valence-electron chi connectivity index (χ0n) is 11.2. The lowest BCUT2D eigenvalue weighted by molar-refractivity contribution is 0.390. The van der Waals surface area contributed by atoms with Gasteiger partial charge in [0.05, 0.1) is 4.90 Å². The molecule has 2 aliphatic rings. The molecule has 2 saturated carbocycles. The van der Waals surface area contributed by atoms with E-state index in [1.165, 1.54) is 18.6 Å². The maximum atomic E-state index is 13.4. The number of rotatable bonds is 4. The van der Waals surface area contributed by atoms with Crippen molar-refractivity contribution in [3.05, 3.63) is 29.6 Å². The Morgan fingerprint density at radius 1 is 1.30 bits per heavy atom. The fourth-order valence-electron chi connectivity index (χ4n) is 3.53. The van der Waals surface area contributed by atoms with Crippen LogP contribution in [-0.2, 0) is 16.6 Å². The van der Waals surface area contributed by atoms with Crippen molar-refractivity contribution in [3.63, 3.8) is 0 Å². The topological polar surface area (TPSA) is 72.2 Å². The van der Waals surface area contributed by atoms with Crippen molar-refractivity contribution in [3.8, 4) is 0 Å². The normalized spacial score (nSPS) is 29.0. The molecule has 2 aliphatic carbocycles. The maximum Gasteiger partial charge on any atom is 0.240 e. The van der Waals surface area contributed by atoms with Crippen molar-refractivity contribution in [2.45, 2.75) is 43.2 Å². The predicted molar refractivity (Wildman–Crippen MR) is 73.8 cm³/mol. The zero-order chi connectivity index (χ0) is 14.3. The molecule has 3 atom stereocenters. The number of nitrogens with one attached hydrogen (secondary N) is 1. The third-order valence-corrected chi connectivity index (χ3v) is 6.08. The molecule has 0 radical (unpaired) electrons. The number of fused-ring (bicyclic) bond motifs is 2. The number of sulfonamides is 1. The minimum absolute atomic E-state index is 0.0106. The van der Waals surface area contributed by atoms with Crippen molar-refractivity contribution in [2.24, 2.45) is 17.6 Å². The molecule has 2 fully saturated rings. The van der Waals surface area contributed by atoms with Gasteiger partial charge in [-0.25, -0.2) is 17.5 Å². The van der Waals surface area contributed by atoms with Crippen LogP contribution in [0, 0.1) is 17.7 Å². The number of halogens is 1. The molecular formula is C14H19FN2O2S. The second kappa shape index (κ2) is 5.09. The summed E-state index contributed by atoms with van der Waals surface area (Å²) in [6.45, 7) is -0.0106. The first-order valence-electron chi connectivity index (χ1n) is 7.00. The van der Waals surface area contributed by atoms with E-state index in [1.807, 2.05) is 0 Å². The Morgan fingerprint density at radius 2 is 2.10 bits per heavy atom. The summed E-state index contributed by atoms with van der Waals surface area (Å²) in [7, 11) is -3.59. The van der Waals surface area contributed by atoms with E-state index >= 15 is 0 Å². The third-order valence-electron chi connectivity index (χ3n) is 4.59. The second-order valence-corrected chi connectivity index (χ2v) is 7.57. The summed E-state index contributed by atoms with van der Waals surface area (Å²) in [5.74, 6) is 0.663. The van der Waals surface area contributed by atoms with E-state index in [-0.39, 0.29) is 23.0 Å². The Labute approximate surface area is 118 Å². The molecule has 4 nitrogen and oxygen atoms in total. The predicted octanol–water partition coefficient (Wildman–Crippen LogP) is 1.75. The average molecular weight is 298 g/mol. The lowest BCUT2D eigenvalue weighted by Gasteiger charge is -2.22. The van der Waals surface area contributed by atoms with E-state index in [0.29, 0.717) is 11.8 Å². The number of benzene rings is 1. The van der Waals surface area contributed by atoms with Crippen molar-refractivity contribution in [1.82, 2.24) is 4.72 Å². The zero-order valence-corrected chi connectivity index (χ0v) is 12.0. The van der Waals surface area contributed by atoms with Crippen molar-refractivity contribution in [2.75, 3.05) is 0 Å². The van der Waals surface area contributed by atoms with Crippen LogP contribution >= 0.6 is 0 Å². The van der Waals surface area contributed by atoms with Crippen LogP contribution in [-0.4, -0.2) is 14.5 Å². The smallest absolute Gasteiger partial charge is 0.240 e. The lowest BCUT2D eigenvalue weighted by atomic mass is 9.96. The first kappa shape index (κ1) is 14.0. The molecule has 0 aromatic heterocycles. The molecule has 1 aromatic carbocycles. The lowest BCUT2D eigenvalue weighted by Crippen LogP contribution is -2.38. The van der Waals surface area contributed by atoms with Gasteiger partial charge in [-0.1, -0.05) is 6.42 Å². The van der Waals surface area contributed by atoms with Gasteiger partial charge in [0.15, 0.2) is 0 Å². The van der Waals surface area contributed by atoms with Gasteiger partial charge in [0.25, 0.3) is 0 Å². The molecule has 3 N–H and O–H groups in total. The first-order chi connectivity index (χ1) is 9.49. The molecule has 1 aromatic rings. The fourth-order valence-corrected chi connectivity index (χ4v) is 4.90. The van der Waals surface area contributed by atoms with Gasteiger partial charge in [0.2, 0.25) is 10.0 Å². The summed E-state index contributed by atoms with van der Waals surface area (Å²) in [4.78, 5) is 0.0992. The van der Waals surface area contributed by atoms with Gasteiger partial charge in [-0.15, -0.1) is 0 Å². The maximum absolute atomic E-state index is 13.4. The Balaban J connectivity index is 1.81. The number of hydrogen-bond acceptors (Lipinski definition) is 3. The van der Waals surface area contributed by atoms with Crippen LogP contribution < -0.4 is 10.5 Å². The monoisotopic (exact) mass is 298 g/mol. The summed E-state index contributed by atoms with van der Waals surface area (Å²) in [5, 5.41) is 0. The molecule has 20 heavy (non-hydrogen) atoms. The molecule has 2 bridgehead atoms. The van der Waals surface area contributed by atoms with Crippen LogP contribution in [0.4, 0.5) is 4.39 Å². The van der Waals surface area contributed by atoms with Crippen LogP contribution in [0.3, 0.4) is 0 Å². The standard InChI is InChI=1S/C14H19FN2O2S/c15-13-4-3-12(7-11(13)8-16)20(18,19)17-14-6-9-1-2-10(14)5-9/h3-4,7,9-10,14,17H,1-2,5-6,8,16H2. The second-order valence-electron chi connectivity index (χ2n) is 5.86. The summed E-state index contributed by atoms with van der Waals surface area (Å²) in [5.41, 5.74) is 5.64. The highest BCUT2D eigenvalue weighted by Gasteiger charge is 2.41. The Hall–Kier alpha value is -0.980. The summed E-state index contributed by atoms with van der Waals surface area (Å²) in [6.07, 6.45) is 4.38. The minimum Gasteiger partial charge on any atom is -0.326 e. The summed E-state index contributed by atoms with van der Waals surface area (Å²) < 4.78 is 40.9. The van der Waals surface area contributed by atoms with E-state index in [0.717, 1.165) is 25.3 Å². The highest BCUT2D eigenvalue weighted by molar-refractivity contribution is 7.89. The highest BCUT2D eigenvalue weighted by atomic mass is 32.2. The Bertz CT molecular complexity index is 618. The average Bonchev–Trinajstić information content (AvgIpc) is 3.00. The van der Waals surface area contributed by atoms with Crippen molar-refractivity contribution in [1.29, 1.82) is 0 Å². The highest BCUT2D eigenvalue weighted by Crippen LogP contribution is 2.44. The van der Waals surface area contributed by atoms with Gasteiger partial charge in [0, 0.05) is 18.2 Å². The van der Waals surface area contributed by atoms with Gasteiger partial charge >= 0.3 is 0 Å². The summed E-state index contributed by atoms with van der Waals surface area (Å²) in [6, 6.07) is 3.82. The van der Waals surface area contributed by atoms with E-state index in [4.69, 9.17) is 5.73 Å². The van der Waals surface area contributed by atoms with Crippen LogP contribution in [0.2, 0.25) is 0 Å². The third kappa shape index (κ3) is 2.47. The van der Waals surface area contributed by atoms with Gasteiger partial charge < -0.3 is 5.73 Å². The molecule has 0 heterocycles. The molecule has 0 amide bonds. The largest absolute Gasteiger partial charge is 0.326 e. The van der Waals surface area contributed by atoms with Gasteiger partial charge in [-0.05, 0) is 49.3 Å². The van der Waals surface area contributed by atoms with E-state index in [2.05, 4.69) is 4.72 Å². The van der Waals surface area contributed by atoms with Crippen molar-refractivity contribution < 1.29 is 12.8 Å². The molecule has 0 saturated heterocycles.